The van der Waals surface area contributed by atoms with E-state index in [9.17, 15) is 9.59 Å². The number of para-hydroxylation sites is 1. The average Bonchev–Trinajstić information content (AvgIpc) is 3.22. The van der Waals surface area contributed by atoms with Crippen LogP contribution in [0.5, 0.6) is 11.5 Å². The molecule has 6 rings (SSSR count). The van der Waals surface area contributed by atoms with Gasteiger partial charge in [0.05, 0.1) is 11.4 Å². The van der Waals surface area contributed by atoms with Crippen molar-refractivity contribution in [2.75, 3.05) is 28.8 Å². The lowest BCUT2D eigenvalue weighted by atomic mass is 9.80. The van der Waals surface area contributed by atoms with Crippen molar-refractivity contribution in [2.45, 2.75) is 43.5 Å². The molecule has 1 saturated heterocycles. The van der Waals surface area contributed by atoms with Crippen molar-refractivity contribution < 1.29 is 19.1 Å². The summed E-state index contributed by atoms with van der Waals surface area (Å²) in [7, 11) is 0. The highest BCUT2D eigenvalue weighted by molar-refractivity contribution is 8.02. The molecular weight excluding hydrogens is 412 g/mol. The number of anilines is 2. The Kier molecular flexibility index (Phi) is 3.80. The van der Waals surface area contributed by atoms with E-state index in [4.69, 9.17) is 9.47 Å². The number of carbonyl (C=O) groups excluding carboxylic acids is 2. The maximum atomic E-state index is 14.2. The van der Waals surface area contributed by atoms with Crippen LogP contribution in [0.3, 0.4) is 0 Å². The molecule has 1 spiro atoms. The van der Waals surface area contributed by atoms with E-state index in [-0.39, 0.29) is 23.1 Å². The topological polar surface area (TPSA) is 59.1 Å². The molecule has 4 aliphatic heterocycles. The molecule has 0 radical (unpaired) electrons. The fraction of sp³-hybridized carbons (Fsp3) is 0.417. The van der Waals surface area contributed by atoms with Crippen LogP contribution >= 0.6 is 11.8 Å². The van der Waals surface area contributed by atoms with Gasteiger partial charge in [-0.2, -0.15) is 0 Å². The predicted molar refractivity (Wildman–Crippen MR) is 120 cm³/mol. The molecule has 2 amide bonds. The summed E-state index contributed by atoms with van der Waals surface area (Å²) < 4.78 is 11.4. The number of hydrogen-bond donors (Lipinski definition) is 0. The molecule has 0 N–H and O–H groups in total. The molecule has 2 atom stereocenters. The van der Waals surface area contributed by atoms with E-state index < -0.39 is 4.87 Å². The first-order chi connectivity index (χ1) is 14.8. The zero-order valence-electron chi connectivity index (χ0n) is 17.8. The van der Waals surface area contributed by atoms with Crippen LogP contribution in [0.4, 0.5) is 11.4 Å². The van der Waals surface area contributed by atoms with E-state index in [1.54, 1.807) is 4.90 Å². The Hall–Kier alpha value is -2.67. The summed E-state index contributed by atoms with van der Waals surface area (Å²) >= 11 is 1.42. The van der Waals surface area contributed by atoms with E-state index in [0.29, 0.717) is 36.3 Å². The average molecular weight is 437 g/mol. The Bertz CT molecular complexity index is 1150. The van der Waals surface area contributed by atoms with Gasteiger partial charge in [0, 0.05) is 22.9 Å². The molecule has 6 nitrogen and oxygen atoms in total. The molecule has 1 fully saturated rings. The minimum absolute atomic E-state index is 0.0300. The Morgan fingerprint density at radius 1 is 1.03 bits per heavy atom. The highest BCUT2D eigenvalue weighted by atomic mass is 32.2. The molecule has 160 valence electrons. The van der Waals surface area contributed by atoms with Crippen molar-refractivity contribution in [3.05, 3.63) is 47.5 Å². The molecular formula is C24H24N2O4S. The molecule has 4 aliphatic rings. The summed E-state index contributed by atoms with van der Waals surface area (Å²) in [6.45, 7) is 7.43. The fourth-order valence-electron chi connectivity index (χ4n) is 5.70. The number of fused-ring (bicyclic) bond motifs is 2. The van der Waals surface area contributed by atoms with Crippen molar-refractivity contribution in [3.8, 4) is 11.5 Å². The summed E-state index contributed by atoms with van der Waals surface area (Å²) in [5, 5.41) is 0. The van der Waals surface area contributed by atoms with Gasteiger partial charge in [-0.05, 0) is 43.9 Å². The number of thioether (sulfide) groups is 1. The molecule has 0 aliphatic carbocycles. The van der Waals surface area contributed by atoms with Gasteiger partial charge in [-0.1, -0.05) is 25.1 Å². The fourth-order valence-corrected chi connectivity index (χ4v) is 7.03. The summed E-state index contributed by atoms with van der Waals surface area (Å²) in [6.07, 6.45) is 0.883. The lowest BCUT2D eigenvalue weighted by Gasteiger charge is -2.44. The maximum Gasteiger partial charge on any atom is 0.269 e. The van der Waals surface area contributed by atoms with Crippen LogP contribution in [0.2, 0.25) is 0 Å². The van der Waals surface area contributed by atoms with Gasteiger partial charge in [0.15, 0.2) is 11.5 Å². The third kappa shape index (κ3) is 2.35. The first kappa shape index (κ1) is 19.0. The summed E-state index contributed by atoms with van der Waals surface area (Å²) in [5.74, 6) is 1.77. The first-order valence-electron chi connectivity index (χ1n) is 10.7. The molecule has 2 aromatic rings. The van der Waals surface area contributed by atoms with Gasteiger partial charge in [0.1, 0.15) is 13.2 Å². The minimum Gasteiger partial charge on any atom is -0.486 e. The normalized spacial score (nSPS) is 27.8. The quantitative estimate of drug-likeness (QED) is 0.676. The number of benzene rings is 2. The number of hydrogen-bond acceptors (Lipinski definition) is 5. The van der Waals surface area contributed by atoms with Crippen LogP contribution in [-0.2, 0) is 14.5 Å². The van der Waals surface area contributed by atoms with E-state index in [2.05, 4.69) is 26.8 Å². The summed E-state index contributed by atoms with van der Waals surface area (Å²) in [4.78, 5) is 30.0. The van der Waals surface area contributed by atoms with Crippen molar-refractivity contribution in [2.24, 2.45) is 0 Å². The third-order valence-corrected chi connectivity index (χ3v) is 8.23. The van der Waals surface area contributed by atoms with Crippen molar-refractivity contribution >= 4 is 35.0 Å². The SMILES string of the molecule is C[C@@H]1CC(C)(C)N2C(=O)[C@]3(SCC(=O)N3c3ccc4c(c3)OCCO4)c3cccc1c32. The third-order valence-electron chi connectivity index (χ3n) is 6.84. The van der Waals surface area contributed by atoms with Gasteiger partial charge in [0.2, 0.25) is 10.8 Å². The largest absolute Gasteiger partial charge is 0.486 e. The maximum absolute atomic E-state index is 14.2. The summed E-state index contributed by atoms with van der Waals surface area (Å²) in [5.41, 5.74) is 3.43. The Balaban J connectivity index is 1.57. The zero-order chi connectivity index (χ0) is 21.5. The van der Waals surface area contributed by atoms with Crippen LogP contribution in [0, 0.1) is 0 Å². The van der Waals surface area contributed by atoms with E-state index >= 15 is 0 Å². The Morgan fingerprint density at radius 2 is 1.81 bits per heavy atom. The van der Waals surface area contributed by atoms with Gasteiger partial charge in [-0.3, -0.25) is 14.5 Å². The predicted octanol–water partition coefficient (Wildman–Crippen LogP) is 4.02. The minimum atomic E-state index is -1.09. The monoisotopic (exact) mass is 436 g/mol. The highest BCUT2D eigenvalue weighted by Crippen LogP contribution is 2.61. The van der Waals surface area contributed by atoms with Crippen molar-refractivity contribution in [1.29, 1.82) is 0 Å². The standard InChI is InChI=1S/C24H24N2O4S/c1-14-12-23(2,3)26-21-16(14)5-4-6-17(21)24(22(26)28)25(20(27)13-31-24)15-7-8-18-19(11-15)30-10-9-29-18/h4-8,11,14H,9-10,12-13H2,1-3H3/t14-,24-/m1/s1. The molecule has 0 unspecified atom stereocenters. The smallest absolute Gasteiger partial charge is 0.269 e. The Labute approximate surface area is 185 Å². The number of ether oxygens (including phenoxy) is 2. The number of carbonyl (C=O) groups is 2. The van der Waals surface area contributed by atoms with E-state index in [1.165, 1.54) is 17.3 Å². The summed E-state index contributed by atoms with van der Waals surface area (Å²) in [6, 6.07) is 11.7. The number of nitrogens with zero attached hydrogens (tertiary/aromatic N) is 2. The van der Waals surface area contributed by atoms with Gasteiger partial charge < -0.3 is 14.4 Å². The molecule has 2 aromatic carbocycles. The molecule has 7 heteroatoms. The lowest BCUT2D eigenvalue weighted by Crippen LogP contribution is -2.56. The van der Waals surface area contributed by atoms with E-state index in [0.717, 1.165) is 17.7 Å². The van der Waals surface area contributed by atoms with Crippen LogP contribution in [0.1, 0.15) is 44.2 Å². The lowest BCUT2D eigenvalue weighted by molar-refractivity contribution is -0.124. The highest BCUT2D eigenvalue weighted by Gasteiger charge is 2.64. The second-order valence-electron chi connectivity index (χ2n) is 9.29. The van der Waals surface area contributed by atoms with Crippen LogP contribution in [-0.4, -0.2) is 36.3 Å². The van der Waals surface area contributed by atoms with Crippen molar-refractivity contribution in [1.82, 2.24) is 0 Å². The van der Waals surface area contributed by atoms with Crippen LogP contribution in [0.25, 0.3) is 0 Å². The van der Waals surface area contributed by atoms with Gasteiger partial charge >= 0.3 is 0 Å². The first-order valence-corrected chi connectivity index (χ1v) is 11.7. The number of amides is 2. The van der Waals surface area contributed by atoms with Crippen LogP contribution in [0.15, 0.2) is 36.4 Å². The second kappa shape index (κ2) is 6.19. The number of rotatable bonds is 1. The molecule has 0 saturated carbocycles. The Morgan fingerprint density at radius 3 is 2.61 bits per heavy atom. The van der Waals surface area contributed by atoms with Crippen molar-refractivity contribution in [3.63, 3.8) is 0 Å². The zero-order valence-corrected chi connectivity index (χ0v) is 18.6. The molecule has 0 bridgehead atoms. The van der Waals surface area contributed by atoms with Crippen LogP contribution < -0.4 is 19.3 Å². The van der Waals surface area contributed by atoms with E-state index in [1.807, 2.05) is 35.2 Å². The van der Waals surface area contributed by atoms with Gasteiger partial charge in [-0.25, -0.2) is 0 Å². The second-order valence-corrected chi connectivity index (χ2v) is 10.5. The molecule has 31 heavy (non-hydrogen) atoms. The molecule has 0 aromatic heterocycles. The van der Waals surface area contributed by atoms with Gasteiger partial charge in [-0.15, -0.1) is 11.8 Å². The molecule has 4 heterocycles. The van der Waals surface area contributed by atoms with Gasteiger partial charge in [0.25, 0.3) is 5.91 Å².